The van der Waals surface area contributed by atoms with E-state index in [-0.39, 0.29) is 0 Å². The number of hydrogen-bond donors (Lipinski definition) is 0. The molecule has 0 N–H and O–H groups in total. The van der Waals surface area contributed by atoms with Crippen LogP contribution in [0, 0.1) is 0 Å². The Bertz CT molecular complexity index is 831. The van der Waals surface area contributed by atoms with E-state index in [1.807, 2.05) is 24.3 Å². The van der Waals surface area contributed by atoms with Crippen molar-refractivity contribution in [3.05, 3.63) is 95.6 Å². The summed E-state index contributed by atoms with van der Waals surface area (Å²) in [6.07, 6.45) is 3.14. The molecule has 0 saturated carbocycles. The molecule has 0 amide bonds. The van der Waals surface area contributed by atoms with Crippen LogP contribution < -0.4 is 4.74 Å². The number of fused-ring (bicyclic) bond motifs is 2. The van der Waals surface area contributed by atoms with Crippen molar-refractivity contribution in [2.75, 3.05) is 0 Å². The minimum Gasteiger partial charge on any atom is -0.456 e. The molecule has 0 fully saturated rings. The van der Waals surface area contributed by atoms with Gasteiger partial charge in [-0.25, -0.2) is 0 Å². The molecule has 0 radical (unpaired) electrons. The van der Waals surface area contributed by atoms with Gasteiger partial charge in [0.05, 0.1) is 0 Å². The average molecular weight is 284 g/mol. The zero-order valence-corrected chi connectivity index (χ0v) is 12.2. The summed E-state index contributed by atoms with van der Waals surface area (Å²) in [7, 11) is 0. The molecule has 106 valence electrons. The third-order valence-corrected chi connectivity index (χ3v) is 3.94. The second kappa shape index (κ2) is 5.53. The van der Waals surface area contributed by atoms with Crippen LogP contribution in [0.3, 0.4) is 0 Å². The van der Waals surface area contributed by atoms with Crippen molar-refractivity contribution in [2.45, 2.75) is 6.42 Å². The van der Waals surface area contributed by atoms with Gasteiger partial charge in [0.25, 0.3) is 0 Å². The standard InChI is InChI=1S/C21H16O/c1-2-8-16(9-3-1)14-18-15-17-10-4-6-12-20(17)22-21-13-7-5-11-19(18)21/h1-13,15H,14H2. The van der Waals surface area contributed by atoms with Gasteiger partial charge in [-0.2, -0.15) is 0 Å². The molecule has 1 aliphatic heterocycles. The molecule has 0 aromatic heterocycles. The summed E-state index contributed by atoms with van der Waals surface area (Å²) in [5.41, 5.74) is 4.89. The Hall–Kier alpha value is -2.80. The smallest absolute Gasteiger partial charge is 0.134 e. The van der Waals surface area contributed by atoms with Crippen LogP contribution in [0.1, 0.15) is 16.7 Å². The number of ether oxygens (including phenoxy) is 1. The van der Waals surface area contributed by atoms with Crippen molar-refractivity contribution in [3.63, 3.8) is 0 Å². The Morgan fingerprint density at radius 3 is 2.18 bits per heavy atom. The first kappa shape index (κ1) is 12.9. The fourth-order valence-corrected chi connectivity index (χ4v) is 2.86. The minimum atomic E-state index is 0.898. The molecule has 1 nitrogen and oxygen atoms in total. The third-order valence-electron chi connectivity index (χ3n) is 3.94. The largest absolute Gasteiger partial charge is 0.456 e. The van der Waals surface area contributed by atoms with Gasteiger partial charge in [0.1, 0.15) is 11.5 Å². The van der Waals surface area contributed by atoms with E-state index in [0.717, 1.165) is 23.5 Å². The first-order chi connectivity index (χ1) is 10.9. The maximum Gasteiger partial charge on any atom is 0.134 e. The quantitative estimate of drug-likeness (QED) is 0.597. The molecule has 22 heavy (non-hydrogen) atoms. The highest BCUT2D eigenvalue weighted by atomic mass is 16.5. The molecule has 1 aliphatic rings. The van der Waals surface area contributed by atoms with E-state index in [1.54, 1.807) is 0 Å². The van der Waals surface area contributed by atoms with E-state index in [9.17, 15) is 0 Å². The Labute approximate surface area is 130 Å². The van der Waals surface area contributed by atoms with Gasteiger partial charge in [-0.1, -0.05) is 66.7 Å². The lowest BCUT2D eigenvalue weighted by Gasteiger charge is -2.11. The highest BCUT2D eigenvalue weighted by molar-refractivity contribution is 5.88. The molecule has 0 spiro atoms. The Morgan fingerprint density at radius 2 is 1.32 bits per heavy atom. The van der Waals surface area contributed by atoms with Crippen molar-refractivity contribution in [3.8, 4) is 11.5 Å². The van der Waals surface area contributed by atoms with Crippen LogP contribution in [-0.4, -0.2) is 0 Å². The third kappa shape index (κ3) is 2.42. The number of para-hydroxylation sites is 2. The molecular formula is C21H16O. The van der Waals surface area contributed by atoms with E-state index in [1.165, 1.54) is 16.7 Å². The van der Waals surface area contributed by atoms with E-state index >= 15 is 0 Å². The highest BCUT2D eigenvalue weighted by Crippen LogP contribution is 2.38. The summed E-state index contributed by atoms with van der Waals surface area (Å²) < 4.78 is 6.12. The SMILES string of the molecule is C1=C(Cc2ccccc2)c2ccccc2Oc2ccccc21. The summed E-state index contributed by atoms with van der Waals surface area (Å²) in [6.45, 7) is 0. The first-order valence-corrected chi connectivity index (χ1v) is 7.51. The van der Waals surface area contributed by atoms with Crippen LogP contribution in [-0.2, 0) is 6.42 Å². The van der Waals surface area contributed by atoms with Crippen molar-refractivity contribution in [1.29, 1.82) is 0 Å². The maximum atomic E-state index is 6.12. The summed E-state index contributed by atoms with van der Waals surface area (Å²) in [5.74, 6) is 1.84. The number of allylic oxidation sites excluding steroid dienone is 1. The molecule has 1 heteroatoms. The number of rotatable bonds is 2. The van der Waals surface area contributed by atoms with Gasteiger partial charge in [0.15, 0.2) is 0 Å². The van der Waals surface area contributed by atoms with Gasteiger partial charge in [0.2, 0.25) is 0 Å². The molecular weight excluding hydrogens is 268 g/mol. The Kier molecular flexibility index (Phi) is 3.24. The fourth-order valence-electron chi connectivity index (χ4n) is 2.86. The molecule has 0 aliphatic carbocycles. The molecule has 4 rings (SSSR count). The zero-order valence-electron chi connectivity index (χ0n) is 12.2. The molecule has 0 bridgehead atoms. The van der Waals surface area contributed by atoms with Crippen molar-refractivity contribution in [1.82, 2.24) is 0 Å². The molecule has 1 heterocycles. The van der Waals surface area contributed by atoms with Gasteiger partial charge >= 0.3 is 0 Å². The van der Waals surface area contributed by atoms with Gasteiger partial charge < -0.3 is 4.74 Å². The van der Waals surface area contributed by atoms with Crippen molar-refractivity contribution < 1.29 is 4.74 Å². The van der Waals surface area contributed by atoms with E-state index in [4.69, 9.17) is 4.74 Å². The van der Waals surface area contributed by atoms with Crippen LogP contribution in [0.5, 0.6) is 11.5 Å². The second-order valence-corrected chi connectivity index (χ2v) is 5.47. The van der Waals surface area contributed by atoms with Gasteiger partial charge in [-0.3, -0.25) is 0 Å². The average Bonchev–Trinajstić information content (AvgIpc) is 2.72. The minimum absolute atomic E-state index is 0.898. The topological polar surface area (TPSA) is 9.23 Å². The summed E-state index contributed by atoms with van der Waals surface area (Å²) in [5, 5.41) is 0. The summed E-state index contributed by atoms with van der Waals surface area (Å²) in [6, 6.07) is 27.0. The van der Waals surface area contributed by atoms with Crippen LogP contribution in [0.25, 0.3) is 11.6 Å². The Morgan fingerprint density at radius 1 is 0.636 bits per heavy atom. The van der Waals surface area contributed by atoms with Gasteiger partial charge in [-0.05, 0) is 35.8 Å². The zero-order chi connectivity index (χ0) is 14.8. The van der Waals surface area contributed by atoms with E-state index in [0.29, 0.717) is 0 Å². The summed E-state index contributed by atoms with van der Waals surface area (Å²) in [4.78, 5) is 0. The fraction of sp³-hybridized carbons (Fsp3) is 0.0476. The van der Waals surface area contributed by atoms with Crippen molar-refractivity contribution >= 4 is 11.6 Å². The monoisotopic (exact) mass is 284 g/mol. The molecule has 3 aromatic carbocycles. The number of benzene rings is 3. The predicted molar refractivity (Wildman–Crippen MR) is 91.0 cm³/mol. The highest BCUT2D eigenvalue weighted by Gasteiger charge is 2.16. The molecule has 0 atom stereocenters. The lowest BCUT2D eigenvalue weighted by Crippen LogP contribution is -1.92. The van der Waals surface area contributed by atoms with Gasteiger partial charge in [0, 0.05) is 11.1 Å². The summed E-state index contributed by atoms with van der Waals surface area (Å²) >= 11 is 0. The Balaban J connectivity index is 1.85. The van der Waals surface area contributed by atoms with Gasteiger partial charge in [-0.15, -0.1) is 0 Å². The first-order valence-electron chi connectivity index (χ1n) is 7.51. The van der Waals surface area contributed by atoms with Crippen molar-refractivity contribution in [2.24, 2.45) is 0 Å². The second-order valence-electron chi connectivity index (χ2n) is 5.47. The normalized spacial score (nSPS) is 12.5. The molecule has 0 unspecified atom stereocenters. The number of hydrogen-bond acceptors (Lipinski definition) is 1. The van der Waals surface area contributed by atoms with Crippen LogP contribution in [0.15, 0.2) is 78.9 Å². The van der Waals surface area contributed by atoms with E-state index in [2.05, 4.69) is 60.7 Å². The van der Waals surface area contributed by atoms with E-state index < -0.39 is 0 Å². The molecule has 0 saturated heterocycles. The lowest BCUT2D eigenvalue weighted by atomic mass is 9.96. The predicted octanol–water partition coefficient (Wildman–Crippen LogP) is 5.58. The van der Waals surface area contributed by atoms with Crippen LogP contribution in [0.2, 0.25) is 0 Å². The van der Waals surface area contributed by atoms with Crippen LogP contribution >= 0.6 is 0 Å². The molecule has 3 aromatic rings. The lowest BCUT2D eigenvalue weighted by molar-refractivity contribution is 0.481. The van der Waals surface area contributed by atoms with Crippen LogP contribution in [0.4, 0.5) is 0 Å². The maximum absolute atomic E-state index is 6.12.